The van der Waals surface area contributed by atoms with Crippen molar-refractivity contribution in [1.29, 1.82) is 0 Å². The van der Waals surface area contributed by atoms with Gasteiger partial charge in [-0.25, -0.2) is 5.43 Å². The van der Waals surface area contributed by atoms with Crippen molar-refractivity contribution >= 4 is 34.7 Å². The number of nitrogens with zero attached hydrogens (tertiary/aromatic N) is 2. The third-order valence-corrected chi connectivity index (χ3v) is 3.60. The summed E-state index contributed by atoms with van der Waals surface area (Å²) in [7, 11) is 1.43. The van der Waals surface area contributed by atoms with Crippen LogP contribution < -0.4 is 10.5 Å². The molecule has 1 N–H and O–H groups in total. The molecule has 1 aliphatic heterocycles. The Hall–Kier alpha value is -2.61. The van der Waals surface area contributed by atoms with E-state index in [1.165, 1.54) is 7.05 Å². The van der Waals surface area contributed by atoms with E-state index in [1.54, 1.807) is 30.3 Å². The first-order chi connectivity index (χ1) is 9.99. The van der Waals surface area contributed by atoms with E-state index in [0.29, 0.717) is 11.6 Å². The number of rotatable bonds is 3. The lowest BCUT2D eigenvalue weighted by Gasteiger charge is -2.07. The number of hydrogen-bond acceptors (Lipinski definition) is 6. The van der Waals surface area contributed by atoms with Crippen molar-refractivity contribution in [3.8, 4) is 0 Å². The van der Waals surface area contributed by atoms with Crippen molar-refractivity contribution in [2.75, 3.05) is 7.05 Å². The number of thioether (sulfide) groups is 1. The monoisotopic (exact) mass is 304 g/mol. The van der Waals surface area contributed by atoms with Crippen molar-refractivity contribution in [3.63, 3.8) is 0 Å². The van der Waals surface area contributed by atoms with Crippen LogP contribution in [0.15, 0.2) is 46.4 Å². The van der Waals surface area contributed by atoms with Crippen LogP contribution in [0, 0.1) is 0 Å². The Labute approximate surface area is 124 Å². The molecule has 1 heterocycles. The van der Waals surface area contributed by atoms with Crippen LogP contribution in [0.4, 0.5) is 0 Å². The third-order valence-electron chi connectivity index (χ3n) is 2.54. The number of carboxylic acids is 1. The first-order valence-corrected chi connectivity index (χ1v) is 6.62. The first-order valence-electron chi connectivity index (χ1n) is 5.80. The average molecular weight is 304 g/mol. The summed E-state index contributed by atoms with van der Waals surface area (Å²) in [6.07, 6.45) is 0.699. The molecule has 0 atom stereocenters. The van der Waals surface area contributed by atoms with Gasteiger partial charge in [-0.1, -0.05) is 18.2 Å². The van der Waals surface area contributed by atoms with Gasteiger partial charge in [0.25, 0.3) is 11.8 Å². The van der Waals surface area contributed by atoms with Gasteiger partial charge in [-0.2, -0.15) is 0 Å². The number of amidine groups is 1. The number of amides is 2. The van der Waals surface area contributed by atoms with Gasteiger partial charge < -0.3 is 9.90 Å². The molecular weight excluding hydrogens is 294 g/mol. The fraction of sp³-hybridized carbons (Fsp3) is 0.0769. The summed E-state index contributed by atoms with van der Waals surface area (Å²) in [5.41, 5.74) is 2.73. The van der Waals surface area contributed by atoms with E-state index in [2.05, 4.69) is 10.5 Å². The predicted octanol–water partition coefficient (Wildman–Crippen LogP) is -0.474. The Bertz CT molecular complexity index is 655. The Balaban J connectivity index is 2.10. The number of likely N-dealkylation sites (N-methyl/N-ethyl adjacent to an activating group) is 1. The third kappa shape index (κ3) is 3.48. The molecule has 0 aliphatic carbocycles. The minimum absolute atomic E-state index is 0.0230. The maximum Gasteiger partial charge on any atom is 0.271 e. The Kier molecular flexibility index (Phi) is 4.39. The van der Waals surface area contributed by atoms with Crippen LogP contribution in [0.1, 0.15) is 10.4 Å². The van der Waals surface area contributed by atoms with Gasteiger partial charge >= 0.3 is 0 Å². The normalized spacial score (nSPS) is 18.3. The average Bonchev–Trinajstić information content (AvgIpc) is 2.73. The van der Waals surface area contributed by atoms with Crippen LogP contribution in [-0.4, -0.2) is 34.9 Å². The number of hydrazone groups is 1. The molecule has 0 radical (unpaired) electrons. The summed E-state index contributed by atoms with van der Waals surface area (Å²) in [4.78, 5) is 35.1. The van der Waals surface area contributed by atoms with Crippen LogP contribution in [0.3, 0.4) is 0 Å². The van der Waals surface area contributed by atoms with Crippen LogP contribution in [0.25, 0.3) is 0 Å². The van der Waals surface area contributed by atoms with E-state index in [0.717, 1.165) is 16.7 Å². The Morgan fingerprint density at radius 3 is 2.62 bits per heavy atom. The quantitative estimate of drug-likeness (QED) is 0.600. The van der Waals surface area contributed by atoms with Gasteiger partial charge in [0.1, 0.15) is 0 Å². The van der Waals surface area contributed by atoms with Crippen molar-refractivity contribution < 1.29 is 19.5 Å². The molecule has 1 aromatic rings. The number of hydrogen-bond donors (Lipinski definition) is 1. The smallest absolute Gasteiger partial charge is 0.271 e. The van der Waals surface area contributed by atoms with Crippen LogP contribution >= 0.6 is 11.8 Å². The van der Waals surface area contributed by atoms with Gasteiger partial charge in [-0.3, -0.25) is 14.5 Å². The highest BCUT2D eigenvalue weighted by Crippen LogP contribution is 2.28. The van der Waals surface area contributed by atoms with Gasteiger partial charge in [0.05, 0.1) is 10.9 Å². The topological polar surface area (TPSA) is 102 Å². The van der Waals surface area contributed by atoms with Gasteiger partial charge in [0.2, 0.25) is 0 Å². The molecule has 0 bridgehead atoms. The minimum Gasteiger partial charge on any atom is -0.545 e. The highest BCUT2D eigenvalue weighted by molar-refractivity contribution is 8.18. The molecule has 0 aromatic heterocycles. The standard InChI is InChI=1S/C13H11N3O4S/c1-16-12(20)9(7-10(17)18)21-13(16)15-14-11(19)8-5-3-2-4-6-8/h2-7H,1H3,(H,14,19)(H,17,18)/p-1/b9-7-,15-13-. The molecule has 7 nitrogen and oxygen atoms in total. The van der Waals surface area contributed by atoms with Crippen molar-refractivity contribution in [2.45, 2.75) is 0 Å². The lowest BCUT2D eigenvalue weighted by atomic mass is 10.2. The second-order valence-electron chi connectivity index (χ2n) is 4.00. The highest BCUT2D eigenvalue weighted by Gasteiger charge is 2.30. The van der Waals surface area contributed by atoms with Gasteiger partial charge in [-0.05, 0) is 30.0 Å². The zero-order chi connectivity index (χ0) is 15.4. The summed E-state index contributed by atoms with van der Waals surface area (Å²) in [5.74, 6) is -2.41. The first kappa shape index (κ1) is 14.8. The molecule has 1 fully saturated rings. The second kappa shape index (κ2) is 6.23. The molecule has 1 aromatic carbocycles. The zero-order valence-corrected chi connectivity index (χ0v) is 11.7. The number of carbonyl (C=O) groups excluding carboxylic acids is 3. The number of carboxylic acid groups (broad SMARTS) is 1. The molecule has 1 saturated heterocycles. The van der Waals surface area contributed by atoms with E-state index in [1.807, 2.05) is 0 Å². The lowest BCUT2D eigenvalue weighted by Crippen LogP contribution is -2.28. The Morgan fingerprint density at radius 2 is 2.00 bits per heavy atom. The number of aliphatic carboxylic acids is 1. The van der Waals surface area contributed by atoms with Gasteiger partial charge in [0, 0.05) is 12.6 Å². The second-order valence-corrected chi connectivity index (χ2v) is 5.00. The fourth-order valence-corrected chi connectivity index (χ4v) is 2.40. The largest absolute Gasteiger partial charge is 0.545 e. The molecule has 8 heteroatoms. The summed E-state index contributed by atoms with van der Waals surface area (Å²) < 4.78 is 0. The van der Waals surface area contributed by atoms with E-state index >= 15 is 0 Å². The summed E-state index contributed by atoms with van der Waals surface area (Å²) in [5, 5.41) is 14.5. The predicted molar refractivity (Wildman–Crippen MR) is 74.8 cm³/mol. The van der Waals surface area contributed by atoms with Gasteiger partial charge in [-0.15, -0.1) is 5.10 Å². The molecule has 0 spiro atoms. The van der Waals surface area contributed by atoms with Crippen LogP contribution in [-0.2, 0) is 9.59 Å². The van der Waals surface area contributed by atoms with Crippen LogP contribution in [0.2, 0.25) is 0 Å². The molecule has 2 amide bonds. The highest BCUT2D eigenvalue weighted by atomic mass is 32.2. The van der Waals surface area contributed by atoms with Crippen molar-refractivity contribution in [1.82, 2.24) is 10.3 Å². The van der Waals surface area contributed by atoms with E-state index in [-0.39, 0.29) is 10.1 Å². The van der Waals surface area contributed by atoms with Crippen molar-refractivity contribution in [2.24, 2.45) is 5.10 Å². The zero-order valence-electron chi connectivity index (χ0n) is 10.9. The van der Waals surface area contributed by atoms with Crippen molar-refractivity contribution in [3.05, 3.63) is 46.9 Å². The summed E-state index contributed by atoms with van der Waals surface area (Å²) in [6, 6.07) is 8.44. The SMILES string of the molecule is CN1C(=O)/C(=C/C(=O)[O-])S/C1=N\NC(=O)c1ccccc1. The minimum atomic E-state index is -1.46. The van der Waals surface area contributed by atoms with Gasteiger partial charge in [0.15, 0.2) is 5.17 Å². The van der Waals surface area contributed by atoms with Crippen LogP contribution in [0.5, 0.6) is 0 Å². The molecular formula is C13H10N3O4S-. The number of carbonyl (C=O) groups is 3. The summed E-state index contributed by atoms with van der Waals surface area (Å²) >= 11 is 0.844. The molecule has 1 aliphatic rings. The number of benzene rings is 1. The van der Waals surface area contributed by atoms with E-state index in [4.69, 9.17) is 0 Å². The molecule has 0 unspecified atom stereocenters. The molecule has 21 heavy (non-hydrogen) atoms. The van der Waals surface area contributed by atoms with E-state index < -0.39 is 17.8 Å². The number of nitrogens with one attached hydrogen (secondary N) is 1. The molecule has 108 valence electrons. The maximum absolute atomic E-state index is 11.8. The fourth-order valence-electron chi connectivity index (χ4n) is 1.51. The van der Waals surface area contributed by atoms with E-state index in [9.17, 15) is 19.5 Å². The summed E-state index contributed by atoms with van der Waals surface area (Å²) in [6.45, 7) is 0. The maximum atomic E-state index is 11.8. The molecule has 2 rings (SSSR count). The molecule has 0 saturated carbocycles. The lowest BCUT2D eigenvalue weighted by molar-refractivity contribution is -0.297. The Morgan fingerprint density at radius 1 is 1.33 bits per heavy atom.